The second-order valence-corrected chi connectivity index (χ2v) is 7.22. The molecule has 0 aliphatic rings. The summed E-state index contributed by atoms with van der Waals surface area (Å²) < 4.78 is 29.1. The van der Waals surface area contributed by atoms with Crippen LogP contribution in [0.15, 0.2) is 58.8 Å². The van der Waals surface area contributed by atoms with Crippen molar-refractivity contribution in [3.05, 3.63) is 48.5 Å². The molecule has 0 atom stereocenters. The Kier molecular flexibility index (Phi) is 6.20. The van der Waals surface area contributed by atoms with Crippen molar-refractivity contribution in [3.8, 4) is 0 Å². The molecule has 0 aromatic heterocycles. The molecule has 8 heteroatoms. The van der Waals surface area contributed by atoms with Crippen molar-refractivity contribution in [1.82, 2.24) is 0 Å². The van der Waals surface area contributed by atoms with Gasteiger partial charge in [-0.25, -0.2) is 0 Å². The van der Waals surface area contributed by atoms with Crippen molar-refractivity contribution in [2.24, 2.45) is 10.2 Å². The summed E-state index contributed by atoms with van der Waals surface area (Å²) in [5, 5.41) is 7.96. The van der Waals surface area contributed by atoms with Crippen molar-refractivity contribution in [3.63, 3.8) is 0 Å². The SMILES string of the molecule is Nc1ccc(N=Nc2ccc([As](=O)(O)O)cc2)cc1.[NaH]. The number of nitrogens with zero attached hydrogens (tertiary/aromatic N) is 2. The summed E-state index contributed by atoms with van der Waals surface area (Å²) in [6, 6.07) is 12.6. The van der Waals surface area contributed by atoms with Crippen LogP contribution in [0.1, 0.15) is 0 Å². The molecular formula is C12H13AsN3NaO3. The minimum atomic E-state index is -4.82. The van der Waals surface area contributed by atoms with E-state index in [4.69, 9.17) is 13.9 Å². The van der Waals surface area contributed by atoms with E-state index in [-0.39, 0.29) is 33.9 Å². The molecule has 0 bridgehead atoms. The number of rotatable bonds is 3. The average molecular weight is 345 g/mol. The molecule has 0 amide bonds. The molecule has 0 spiro atoms. The van der Waals surface area contributed by atoms with E-state index in [0.717, 1.165) is 0 Å². The van der Waals surface area contributed by atoms with Gasteiger partial charge in [-0.15, -0.1) is 0 Å². The molecule has 100 valence electrons. The molecule has 2 aromatic rings. The summed E-state index contributed by atoms with van der Waals surface area (Å²) in [5.74, 6) is 0. The van der Waals surface area contributed by atoms with E-state index in [1.165, 1.54) is 24.3 Å². The zero-order chi connectivity index (χ0) is 13.9. The van der Waals surface area contributed by atoms with Crippen LogP contribution in [0.4, 0.5) is 17.1 Å². The summed E-state index contributed by atoms with van der Waals surface area (Å²) in [4.78, 5) is 0. The van der Waals surface area contributed by atoms with Crippen LogP contribution in [0.25, 0.3) is 0 Å². The molecule has 2 aromatic carbocycles. The van der Waals surface area contributed by atoms with Gasteiger partial charge in [-0.2, -0.15) is 0 Å². The average Bonchev–Trinajstić information content (AvgIpc) is 2.37. The van der Waals surface area contributed by atoms with Gasteiger partial charge in [0.2, 0.25) is 0 Å². The van der Waals surface area contributed by atoms with Gasteiger partial charge < -0.3 is 0 Å². The first-order valence-electron chi connectivity index (χ1n) is 5.38. The Bertz CT molecular complexity index is 638. The molecule has 4 N–H and O–H groups in total. The molecule has 0 saturated carbocycles. The Morgan fingerprint density at radius 2 is 1.25 bits per heavy atom. The first-order chi connectivity index (χ1) is 8.95. The number of hydrogen-bond donors (Lipinski definition) is 3. The van der Waals surface area contributed by atoms with E-state index in [9.17, 15) is 3.74 Å². The van der Waals surface area contributed by atoms with Gasteiger partial charge in [-0.3, -0.25) is 0 Å². The Labute approximate surface area is 141 Å². The van der Waals surface area contributed by atoms with Crippen LogP contribution < -0.4 is 10.1 Å². The molecule has 20 heavy (non-hydrogen) atoms. The Morgan fingerprint density at radius 1 is 0.850 bits per heavy atom. The van der Waals surface area contributed by atoms with E-state index < -0.39 is 14.2 Å². The number of nitrogens with two attached hydrogens (primary N) is 1. The number of anilines is 1. The molecule has 0 aliphatic heterocycles. The standard InChI is InChI=1S/C12H12AsN3O3.Na.H/c14-10-3-7-12(8-4-10)16-15-11-5-1-9(2-6-11)13(17,18)19;;/h1-8H,14H2,(H2,17,18,19);;. The van der Waals surface area contributed by atoms with Crippen LogP contribution in [0.5, 0.6) is 0 Å². The van der Waals surface area contributed by atoms with E-state index in [1.54, 1.807) is 24.3 Å². The Hall–Kier alpha value is -0.882. The van der Waals surface area contributed by atoms with Crippen LogP contribution in [-0.2, 0) is 3.74 Å². The van der Waals surface area contributed by atoms with Crippen LogP contribution in [0.2, 0.25) is 0 Å². The maximum atomic E-state index is 11.0. The van der Waals surface area contributed by atoms with Gasteiger partial charge in [-0.05, 0) is 0 Å². The van der Waals surface area contributed by atoms with Crippen molar-refractivity contribution >= 4 is 65.1 Å². The van der Waals surface area contributed by atoms with Crippen molar-refractivity contribution < 1.29 is 11.9 Å². The fourth-order valence-electron chi connectivity index (χ4n) is 1.37. The van der Waals surface area contributed by atoms with Crippen LogP contribution in [0.3, 0.4) is 0 Å². The topological polar surface area (TPSA) is 108 Å². The third kappa shape index (κ3) is 4.90. The molecule has 0 saturated heterocycles. The first kappa shape index (κ1) is 17.2. The molecule has 2 rings (SSSR count). The van der Waals surface area contributed by atoms with E-state index in [1.807, 2.05) is 0 Å². The second-order valence-electron chi connectivity index (χ2n) is 3.85. The molecule has 0 heterocycles. The fourth-order valence-corrected chi connectivity index (χ4v) is 2.50. The minimum absolute atomic E-state index is 0. The number of benzene rings is 2. The summed E-state index contributed by atoms with van der Waals surface area (Å²) >= 11 is -4.82. The number of nitrogen functional groups attached to an aromatic ring is 1. The van der Waals surface area contributed by atoms with Crippen molar-refractivity contribution in [2.75, 3.05) is 5.73 Å². The third-order valence-corrected chi connectivity index (χ3v) is 4.40. The van der Waals surface area contributed by atoms with Gasteiger partial charge in [-0.1, -0.05) is 0 Å². The monoisotopic (exact) mass is 345 g/mol. The summed E-state index contributed by atoms with van der Waals surface area (Å²) in [6.07, 6.45) is 0. The maximum absolute atomic E-state index is 11.0. The van der Waals surface area contributed by atoms with Gasteiger partial charge >= 0.3 is 142 Å². The van der Waals surface area contributed by atoms with Crippen LogP contribution in [-0.4, -0.2) is 51.9 Å². The zero-order valence-corrected chi connectivity index (χ0v) is 11.7. The van der Waals surface area contributed by atoms with E-state index in [0.29, 0.717) is 17.1 Å². The quantitative estimate of drug-likeness (QED) is 0.430. The zero-order valence-electron chi connectivity index (χ0n) is 9.84. The van der Waals surface area contributed by atoms with Gasteiger partial charge in [0.05, 0.1) is 0 Å². The Morgan fingerprint density at radius 3 is 1.65 bits per heavy atom. The first-order valence-corrected chi connectivity index (χ1v) is 8.77. The van der Waals surface area contributed by atoms with E-state index in [2.05, 4.69) is 10.2 Å². The molecule has 6 nitrogen and oxygen atoms in total. The van der Waals surface area contributed by atoms with Crippen LogP contribution in [0, 0.1) is 0 Å². The molecule has 0 aliphatic carbocycles. The van der Waals surface area contributed by atoms with Gasteiger partial charge in [0.25, 0.3) is 0 Å². The molecule has 0 radical (unpaired) electrons. The summed E-state index contributed by atoms with van der Waals surface area (Å²) in [7, 11) is 0. The fraction of sp³-hybridized carbons (Fsp3) is 0. The summed E-state index contributed by atoms with van der Waals surface area (Å²) in [6.45, 7) is 0. The second kappa shape index (κ2) is 7.22. The Balaban J connectivity index is 0.00000200. The molecule has 0 unspecified atom stereocenters. The van der Waals surface area contributed by atoms with Crippen LogP contribution >= 0.6 is 0 Å². The van der Waals surface area contributed by atoms with Crippen molar-refractivity contribution in [1.29, 1.82) is 0 Å². The third-order valence-electron chi connectivity index (χ3n) is 2.36. The number of hydrogen-bond acceptors (Lipinski definition) is 4. The van der Waals surface area contributed by atoms with Gasteiger partial charge in [0.1, 0.15) is 0 Å². The van der Waals surface area contributed by atoms with E-state index >= 15 is 0 Å². The van der Waals surface area contributed by atoms with Gasteiger partial charge in [0, 0.05) is 0 Å². The molecular weight excluding hydrogens is 332 g/mol. The van der Waals surface area contributed by atoms with Gasteiger partial charge in [0.15, 0.2) is 0 Å². The normalized spacial score (nSPS) is 11.3. The predicted octanol–water partition coefficient (Wildman–Crippen LogP) is 0.597. The summed E-state index contributed by atoms with van der Waals surface area (Å²) in [5.41, 5.74) is 7.36. The van der Waals surface area contributed by atoms with Crippen molar-refractivity contribution in [2.45, 2.75) is 0 Å². The molecule has 0 fully saturated rings. The predicted molar refractivity (Wildman–Crippen MR) is 79.1 cm³/mol. The number of azo groups is 1.